The number of amides is 2. The van der Waals surface area contributed by atoms with E-state index in [9.17, 15) is 9.59 Å². The summed E-state index contributed by atoms with van der Waals surface area (Å²) < 4.78 is 5.38. The van der Waals surface area contributed by atoms with Crippen molar-refractivity contribution in [1.29, 1.82) is 0 Å². The fourth-order valence-electron chi connectivity index (χ4n) is 8.54. The van der Waals surface area contributed by atoms with Crippen molar-refractivity contribution in [3.63, 3.8) is 0 Å². The fourth-order valence-corrected chi connectivity index (χ4v) is 8.54. The Bertz CT molecular complexity index is 2540. The van der Waals surface area contributed by atoms with Crippen LogP contribution >= 0.6 is 0 Å². The number of hydrogen-bond donors (Lipinski definition) is 5. The molecule has 14 nitrogen and oxygen atoms in total. The number of rotatable bonds is 12. The Morgan fingerprint density at radius 3 is 2.07 bits per heavy atom. The smallest absolute Gasteiger partial charge is 0.295 e. The Balaban J connectivity index is 0.905. The number of likely N-dealkylation sites (tertiary alicyclic amines) is 2. The predicted molar refractivity (Wildman–Crippen MR) is 224 cm³/mol. The quantitative estimate of drug-likeness (QED) is 0.0821. The fraction of sp³-hybridized carbons (Fsp3) is 0.364. The van der Waals surface area contributed by atoms with Crippen molar-refractivity contribution in [2.75, 3.05) is 23.7 Å². The van der Waals surface area contributed by atoms with Crippen LogP contribution in [-0.4, -0.2) is 81.7 Å². The number of H-pyrrole nitrogens is 3. The van der Waals surface area contributed by atoms with E-state index in [1.165, 1.54) is 6.26 Å². The van der Waals surface area contributed by atoms with Crippen molar-refractivity contribution in [2.24, 2.45) is 11.8 Å². The number of carbonyl (C=O) groups is 2. The van der Waals surface area contributed by atoms with Crippen molar-refractivity contribution in [3.8, 4) is 22.4 Å². The predicted octanol–water partition coefficient (Wildman–Crippen LogP) is 8.08. The molecule has 58 heavy (non-hydrogen) atoms. The van der Waals surface area contributed by atoms with E-state index in [2.05, 4.69) is 90.2 Å². The first-order valence-corrected chi connectivity index (χ1v) is 20.3. The third kappa shape index (κ3) is 7.18. The monoisotopic (exact) mass is 779 g/mol. The summed E-state index contributed by atoms with van der Waals surface area (Å²) in [5, 5.41) is 8.71. The van der Waals surface area contributed by atoms with Gasteiger partial charge in [0.15, 0.2) is 0 Å². The number of imidazole rings is 3. The van der Waals surface area contributed by atoms with Crippen molar-refractivity contribution in [1.82, 2.24) is 44.7 Å². The van der Waals surface area contributed by atoms with Crippen LogP contribution in [-0.2, 0) is 9.59 Å². The number of benzene rings is 3. The van der Waals surface area contributed by atoms with Crippen LogP contribution in [0, 0.1) is 11.8 Å². The van der Waals surface area contributed by atoms with Gasteiger partial charge in [-0.25, -0.2) is 19.9 Å². The molecule has 9 rings (SSSR count). The van der Waals surface area contributed by atoms with Gasteiger partial charge in [-0.3, -0.25) is 9.59 Å². The third-order valence-corrected chi connectivity index (χ3v) is 11.6. The first-order chi connectivity index (χ1) is 28.2. The van der Waals surface area contributed by atoms with Gasteiger partial charge in [0.1, 0.15) is 30.0 Å². The summed E-state index contributed by atoms with van der Waals surface area (Å²) in [6, 6.07) is 18.5. The van der Waals surface area contributed by atoms with Gasteiger partial charge in [0.05, 0.1) is 35.0 Å². The summed E-state index contributed by atoms with van der Waals surface area (Å²) in [5.41, 5.74) is 5.84. The molecule has 0 radical (unpaired) electrons. The lowest BCUT2D eigenvalue weighted by atomic mass is 9.99. The maximum atomic E-state index is 13.9. The number of aromatic amines is 3. The Morgan fingerprint density at radius 2 is 1.40 bits per heavy atom. The molecule has 298 valence electrons. The molecule has 0 spiro atoms. The highest BCUT2D eigenvalue weighted by atomic mass is 16.4. The minimum absolute atomic E-state index is 0.0180. The van der Waals surface area contributed by atoms with Gasteiger partial charge < -0.3 is 39.8 Å². The van der Waals surface area contributed by atoms with Gasteiger partial charge in [-0.15, -0.1) is 0 Å². The summed E-state index contributed by atoms with van der Waals surface area (Å²) >= 11 is 0. The molecule has 2 aliphatic rings. The topological polar surface area (TPSA) is 177 Å². The van der Waals surface area contributed by atoms with Gasteiger partial charge in [0.25, 0.3) is 6.01 Å². The zero-order chi connectivity index (χ0) is 39.9. The van der Waals surface area contributed by atoms with E-state index in [0.717, 1.165) is 81.5 Å². The molecule has 0 unspecified atom stereocenters. The summed E-state index contributed by atoms with van der Waals surface area (Å²) in [5.74, 6) is 2.40. The van der Waals surface area contributed by atoms with Crippen LogP contribution < -0.4 is 10.6 Å². The number of nitrogens with one attached hydrogen (secondary N) is 5. The van der Waals surface area contributed by atoms with Crippen LogP contribution in [0.3, 0.4) is 0 Å². The van der Waals surface area contributed by atoms with Crippen LogP contribution in [0.4, 0.5) is 12.0 Å². The number of fused-ring (bicyclic) bond motifs is 2. The van der Waals surface area contributed by atoms with Crippen LogP contribution in [0.1, 0.15) is 77.1 Å². The van der Waals surface area contributed by atoms with E-state index in [-0.39, 0.29) is 35.7 Å². The molecule has 3 aromatic carbocycles. The van der Waals surface area contributed by atoms with E-state index in [4.69, 9.17) is 14.4 Å². The summed E-state index contributed by atoms with van der Waals surface area (Å²) in [7, 11) is 0. The van der Waals surface area contributed by atoms with Gasteiger partial charge in [-0.2, -0.15) is 0 Å². The molecule has 2 fully saturated rings. The van der Waals surface area contributed by atoms with Crippen LogP contribution in [0.25, 0.3) is 44.2 Å². The van der Waals surface area contributed by atoms with Gasteiger partial charge in [0, 0.05) is 37.2 Å². The second-order valence-electron chi connectivity index (χ2n) is 16.2. The normalized spacial score (nSPS) is 18.2. The molecule has 0 aliphatic carbocycles. The Morgan fingerprint density at radius 1 is 0.741 bits per heavy atom. The van der Waals surface area contributed by atoms with Crippen molar-refractivity contribution < 1.29 is 14.0 Å². The molecule has 0 bridgehead atoms. The van der Waals surface area contributed by atoms with Gasteiger partial charge >= 0.3 is 0 Å². The minimum Gasteiger partial charge on any atom is -0.432 e. The molecule has 2 amide bonds. The minimum atomic E-state index is -0.461. The van der Waals surface area contributed by atoms with Crippen LogP contribution in [0.2, 0.25) is 0 Å². The Hall–Kier alpha value is -6.44. The van der Waals surface area contributed by atoms with Gasteiger partial charge in [0.2, 0.25) is 17.8 Å². The molecule has 2 aliphatic heterocycles. The van der Waals surface area contributed by atoms with Gasteiger partial charge in [-0.05, 0) is 83.7 Å². The molecule has 2 saturated heterocycles. The molecule has 7 aromatic rings. The Kier molecular flexibility index (Phi) is 9.92. The molecule has 14 heteroatoms. The maximum Gasteiger partial charge on any atom is 0.295 e. The van der Waals surface area contributed by atoms with Crippen molar-refractivity contribution in [3.05, 3.63) is 97.3 Å². The third-order valence-electron chi connectivity index (χ3n) is 11.6. The molecule has 6 heterocycles. The number of nitrogens with zero attached hydrogens (tertiary/aromatic N) is 6. The lowest BCUT2D eigenvalue weighted by Gasteiger charge is -2.30. The number of carbonyl (C=O) groups excluding carboxylic acids is 2. The average molecular weight is 780 g/mol. The second kappa shape index (κ2) is 15.5. The Labute approximate surface area is 336 Å². The molecule has 4 aromatic heterocycles. The number of anilines is 2. The zero-order valence-electron chi connectivity index (χ0n) is 33.2. The van der Waals surface area contributed by atoms with E-state index >= 15 is 0 Å². The summed E-state index contributed by atoms with van der Waals surface area (Å²) in [6.07, 6.45) is 12.0. The lowest BCUT2D eigenvalue weighted by molar-refractivity contribution is -0.134. The zero-order valence-corrected chi connectivity index (χ0v) is 33.2. The molecule has 0 saturated carbocycles. The van der Waals surface area contributed by atoms with E-state index in [1.807, 2.05) is 43.7 Å². The largest absolute Gasteiger partial charge is 0.432 e. The average Bonchev–Trinajstić information content (AvgIpc) is 4.08. The highest BCUT2D eigenvalue weighted by Crippen LogP contribution is 2.36. The van der Waals surface area contributed by atoms with Crippen LogP contribution in [0.5, 0.6) is 0 Å². The lowest BCUT2D eigenvalue weighted by Crippen LogP contribution is -2.45. The summed E-state index contributed by atoms with van der Waals surface area (Å²) in [6.45, 7) is 9.50. The van der Waals surface area contributed by atoms with E-state index in [1.54, 1.807) is 18.6 Å². The molecular weight excluding hydrogens is 731 g/mol. The first kappa shape index (κ1) is 37.2. The highest BCUT2D eigenvalue weighted by molar-refractivity contribution is 5.92. The highest BCUT2D eigenvalue weighted by Gasteiger charge is 2.38. The maximum absolute atomic E-state index is 13.9. The van der Waals surface area contributed by atoms with Crippen molar-refractivity contribution in [2.45, 2.75) is 77.5 Å². The van der Waals surface area contributed by atoms with Gasteiger partial charge in [-0.1, -0.05) is 58.0 Å². The van der Waals surface area contributed by atoms with Crippen LogP contribution in [0.15, 0.2) is 90.1 Å². The summed E-state index contributed by atoms with van der Waals surface area (Å²) in [4.78, 5) is 60.1. The molecule has 5 N–H and O–H groups in total. The number of aromatic nitrogens is 7. The number of hydrogen-bond acceptors (Lipinski definition) is 9. The number of oxazole rings is 1. The van der Waals surface area contributed by atoms with E-state index < -0.39 is 12.1 Å². The molecular formula is C44H49N11O3. The first-order valence-electron chi connectivity index (χ1n) is 20.3. The second-order valence-corrected chi connectivity index (χ2v) is 16.2. The molecule has 4 atom stereocenters. The van der Waals surface area contributed by atoms with Crippen molar-refractivity contribution >= 4 is 45.6 Å². The van der Waals surface area contributed by atoms with E-state index in [0.29, 0.717) is 25.1 Å². The standard InChI is InChI=1S/C44H49N11O3/c1-25(2)37(52-43-45-15-16-46-43)41(56)55-19-6-8-36(55)40-49-32-14-13-30(23-33(32)50-40)28-9-10-29-22-31(12-11-27(29)21-28)34-24-48-39(51-34)35-7-5-18-54(35)42(57)38(26(3)4)53-44-47-17-20-58-44/h9-17,20-26,35-38H,5-8,18-19H2,1-4H3,(H,47,53)(H,48,51)(H,49,50)(H2,45,46,52)/t35-,36-,37-,38-/m0/s1. The SMILES string of the molecule is CC(C)[C@H](Nc1ncco1)C(=O)N1CCC[C@H]1c1nc(-c2ccc3cc(-c4ccc5[nH]c([C@@H]6CCCN6C(=O)[C@@H](Nc6ncc[nH]6)C(C)C)nc5c4)ccc3c2)c[nH]1.